The molecule has 0 bridgehead atoms. The summed E-state index contributed by atoms with van der Waals surface area (Å²) >= 11 is 1.61. The van der Waals surface area contributed by atoms with Crippen molar-refractivity contribution in [3.8, 4) is 22.8 Å². The second kappa shape index (κ2) is 9.92. The van der Waals surface area contributed by atoms with E-state index < -0.39 is 12.0 Å². The van der Waals surface area contributed by atoms with E-state index in [9.17, 15) is 9.90 Å². The van der Waals surface area contributed by atoms with Crippen molar-refractivity contribution in [1.29, 1.82) is 0 Å². The molecule has 1 aromatic heterocycles. The number of aliphatic carboxylic acids is 1. The molecule has 0 aliphatic carbocycles. The van der Waals surface area contributed by atoms with Crippen LogP contribution in [0.1, 0.15) is 17.5 Å². The molecular weight excluding hydrogens is 414 g/mol. The van der Waals surface area contributed by atoms with Gasteiger partial charge in [-0.05, 0) is 73.7 Å². The number of carboxylic acids is 1. The molecule has 31 heavy (non-hydrogen) atoms. The van der Waals surface area contributed by atoms with E-state index in [-0.39, 0.29) is 0 Å². The number of fused-ring (bicyclic) bond motifs is 1. The zero-order valence-electron chi connectivity index (χ0n) is 18.4. The summed E-state index contributed by atoms with van der Waals surface area (Å²) in [5.74, 6) is 1.56. The number of aryl methyl sites for hydroxylation is 2. The van der Waals surface area contributed by atoms with Crippen LogP contribution in [0.3, 0.4) is 0 Å². The SMILES string of the molecule is COc1ccc(-c2cc(=N[C@@H](CCSC)C(=O)O)c3cc(C)c(C)cc3o2)cc1OC. The van der Waals surface area contributed by atoms with Crippen LogP contribution in [0.4, 0.5) is 0 Å². The first-order valence-corrected chi connectivity index (χ1v) is 11.3. The number of rotatable bonds is 8. The van der Waals surface area contributed by atoms with Crippen molar-refractivity contribution in [3.63, 3.8) is 0 Å². The van der Waals surface area contributed by atoms with Gasteiger partial charge in [0.1, 0.15) is 17.4 Å². The van der Waals surface area contributed by atoms with Crippen LogP contribution < -0.4 is 14.8 Å². The fourth-order valence-electron chi connectivity index (χ4n) is 3.30. The largest absolute Gasteiger partial charge is 0.493 e. The van der Waals surface area contributed by atoms with E-state index in [1.54, 1.807) is 32.0 Å². The third-order valence-corrected chi connectivity index (χ3v) is 5.85. The molecule has 164 valence electrons. The summed E-state index contributed by atoms with van der Waals surface area (Å²) in [7, 11) is 3.16. The lowest BCUT2D eigenvalue weighted by molar-refractivity contribution is -0.138. The standard InChI is InChI=1S/C24H27NO5S/c1-14-10-17-19(25-18(24(26)27)8-9-31-5)13-21(30-22(17)11-15(14)2)16-6-7-20(28-3)23(12-16)29-4/h6-7,10-13,18H,8-9H2,1-5H3,(H,26,27)/t18-/m0/s1. The normalized spacial score (nSPS) is 12.7. The molecule has 0 aliphatic heterocycles. The number of ether oxygens (including phenoxy) is 2. The molecule has 0 spiro atoms. The van der Waals surface area contributed by atoms with Gasteiger partial charge in [0.15, 0.2) is 11.5 Å². The average Bonchev–Trinajstić information content (AvgIpc) is 2.76. The minimum Gasteiger partial charge on any atom is -0.493 e. The molecule has 0 radical (unpaired) electrons. The Kier molecular flexibility index (Phi) is 7.28. The Morgan fingerprint density at radius 1 is 1.10 bits per heavy atom. The number of carbonyl (C=O) groups is 1. The Morgan fingerprint density at radius 2 is 1.81 bits per heavy atom. The van der Waals surface area contributed by atoms with Crippen molar-refractivity contribution in [2.45, 2.75) is 26.3 Å². The van der Waals surface area contributed by atoms with E-state index in [2.05, 4.69) is 4.99 Å². The second-order valence-corrected chi connectivity index (χ2v) is 8.25. The first-order chi connectivity index (χ1) is 14.9. The number of hydrogen-bond acceptors (Lipinski definition) is 6. The molecule has 0 unspecified atom stereocenters. The maximum Gasteiger partial charge on any atom is 0.328 e. The highest BCUT2D eigenvalue weighted by atomic mass is 32.2. The lowest BCUT2D eigenvalue weighted by Gasteiger charge is -2.12. The average molecular weight is 442 g/mol. The van der Waals surface area contributed by atoms with E-state index in [1.807, 2.05) is 50.4 Å². The minimum absolute atomic E-state index is 0.459. The molecule has 0 fully saturated rings. The minimum atomic E-state index is -0.931. The summed E-state index contributed by atoms with van der Waals surface area (Å²) in [4.78, 5) is 16.4. The molecule has 1 N–H and O–H groups in total. The molecule has 3 rings (SSSR count). The molecule has 3 aromatic rings. The number of benzene rings is 2. The molecule has 1 heterocycles. The molecule has 0 aliphatic rings. The highest BCUT2D eigenvalue weighted by Gasteiger charge is 2.17. The molecule has 1 atom stereocenters. The summed E-state index contributed by atoms with van der Waals surface area (Å²) in [6.07, 6.45) is 2.41. The third-order valence-electron chi connectivity index (χ3n) is 5.20. The van der Waals surface area contributed by atoms with E-state index in [4.69, 9.17) is 13.9 Å². The molecular formula is C24H27NO5S. The smallest absolute Gasteiger partial charge is 0.328 e. The van der Waals surface area contributed by atoms with Crippen molar-refractivity contribution < 1.29 is 23.8 Å². The molecule has 7 heteroatoms. The van der Waals surface area contributed by atoms with Crippen molar-refractivity contribution in [2.75, 3.05) is 26.2 Å². The van der Waals surface area contributed by atoms with Gasteiger partial charge in [0.25, 0.3) is 0 Å². The summed E-state index contributed by atoms with van der Waals surface area (Å²) in [6, 6.07) is 10.5. The highest BCUT2D eigenvalue weighted by molar-refractivity contribution is 7.98. The number of nitrogens with zero attached hydrogens (tertiary/aromatic N) is 1. The summed E-state index contributed by atoms with van der Waals surface area (Å²) in [6.45, 7) is 4.03. The number of carboxylic acid groups (broad SMARTS) is 1. The first-order valence-electron chi connectivity index (χ1n) is 9.91. The highest BCUT2D eigenvalue weighted by Crippen LogP contribution is 2.33. The van der Waals surface area contributed by atoms with Crippen LogP contribution >= 0.6 is 11.8 Å². The Morgan fingerprint density at radius 3 is 2.45 bits per heavy atom. The molecule has 0 saturated carbocycles. The second-order valence-electron chi connectivity index (χ2n) is 7.26. The van der Waals surface area contributed by atoms with E-state index in [0.717, 1.165) is 27.8 Å². The van der Waals surface area contributed by atoms with Crippen LogP contribution in [0, 0.1) is 13.8 Å². The van der Waals surface area contributed by atoms with Crippen molar-refractivity contribution in [2.24, 2.45) is 4.99 Å². The maximum absolute atomic E-state index is 11.8. The van der Waals surface area contributed by atoms with Crippen LogP contribution in [0.25, 0.3) is 22.3 Å². The van der Waals surface area contributed by atoms with Gasteiger partial charge in [0, 0.05) is 17.0 Å². The summed E-state index contributed by atoms with van der Waals surface area (Å²) in [5, 5.41) is 11.1. The van der Waals surface area contributed by atoms with Crippen LogP contribution in [-0.4, -0.2) is 43.3 Å². The van der Waals surface area contributed by atoms with Gasteiger partial charge in [0.05, 0.1) is 19.6 Å². The van der Waals surface area contributed by atoms with Gasteiger partial charge in [0.2, 0.25) is 0 Å². The number of methoxy groups -OCH3 is 2. The van der Waals surface area contributed by atoms with Crippen molar-refractivity contribution >= 4 is 28.7 Å². The molecule has 6 nitrogen and oxygen atoms in total. The Bertz CT molecular complexity index is 1170. The van der Waals surface area contributed by atoms with E-state index >= 15 is 0 Å². The Hall–Kier alpha value is -2.93. The van der Waals surface area contributed by atoms with Crippen LogP contribution in [0.2, 0.25) is 0 Å². The fourth-order valence-corrected chi connectivity index (χ4v) is 3.76. The first kappa shape index (κ1) is 22.7. The van der Waals surface area contributed by atoms with Gasteiger partial charge >= 0.3 is 5.97 Å². The van der Waals surface area contributed by atoms with Crippen LogP contribution in [0.15, 0.2) is 45.8 Å². The lowest BCUT2D eigenvalue weighted by atomic mass is 10.0. The quantitative estimate of drug-likeness (QED) is 0.539. The van der Waals surface area contributed by atoms with Gasteiger partial charge in [-0.3, -0.25) is 4.99 Å². The zero-order chi connectivity index (χ0) is 22.5. The monoisotopic (exact) mass is 441 g/mol. The predicted molar refractivity (Wildman–Crippen MR) is 124 cm³/mol. The topological polar surface area (TPSA) is 81.3 Å². The van der Waals surface area contributed by atoms with E-state index in [1.165, 1.54) is 0 Å². The van der Waals surface area contributed by atoms with Crippen molar-refractivity contribution in [1.82, 2.24) is 0 Å². The lowest BCUT2D eigenvalue weighted by Crippen LogP contribution is -2.22. The maximum atomic E-state index is 11.8. The number of thioether (sulfide) groups is 1. The van der Waals surface area contributed by atoms with Gasteiger partial charge in [-0.15, -0.1) is 0 Å². The van der Waals surface area contributed by atoms with Gasteiger partial charge in [-0.25, -0.2) is 4.79 Å². The van der Waals surface area contributed by atoms with Crippen LogP contribution in [0.5, 0.6) is 11.5 Å². The Labute approximate surface area is 185 Å². The van der Waals surface area contributed by atoms with Gasteiger partial charge in [-0.2, -0.15) is 11.8 Å². The number of hydrogen-bond donors (Lipinski definition) is 1. The van der Waals surface area contributed by atoms with E-state index in [0.29, 0.717) is 34.6 Å². The zero-order valence-corrected chi connectivity index (χ0v) is 19.2. The summed E-state index contributed by atoms with van der Waals surface area (Å²) in [5.41, 5.74) is 3.62. The Balaban J connectivity index is 2.26. The third kappa shape index (κ3) is 5.05. The van der Waals surface area contributed by atoms with Crippen LogP contribution in [-0.2, 0) is 4.79 Å². The predicted octanol–water partition coefficient (Wildman–Crippen LogP) is 4.84. The van der Waals surface area contributed by atoms with Gasteiger partial charge < -0.3 is 19.0 Å². The molecule has 0 amide bonds. The molecule has 0 saturated heterocycles. The summed E-state index contributed by atoms with van der Waals surface area (Å²) < 4.78 is 17.0. The fraction of sp³-hybridized carbons (Fsp3) is 0.333. The molecule has 2 aromatic carbocycles. The van der Waals surface area contributed by atoms with Gasteiger partial charge in [-0.1, -0.05) is 0 Å². The van der Waals surface area contributed by atoms with Crippen molar-refractivity contribution in [3.05, 3.63) is 52.9 Å².